The van der Waals surface area contributed by atoms with Gasteiger partial charge in [0.05, 0.1) is 38.7 Å². The second kappa shape index (κ2) is 18.5. The van der Waals surface area contributed by atoms with Crippen molar-refractivity contribution >= 4 is 56.7 Å². The average Bonchev–Trinajstić information content (AvgIpc) is 3.99. The van der Waals surface area contributed by atoms with Crippen LogP contribution in [0.4, 0.5) is 23.5 Å². The molecule has 1 aromatic carbocycles. The first-order valence-electron chi connectivity index (χ1n) is 21.3. The number of hydrogen-bond acceptors (Lipinski definition) is 14. The van der Waals surface area contributed by atoms with Crippen LogP contribution in [0.5, 0.6) is 0 Å². The number of rotatable bonds is 8. The highest BCUT2D eigenvalue weighted by molar-refractivity contribution is 7.85. The molecule has 10 rings (SSSR count). The Labute approximate surface area is 355 Å². The highest BCUT2D eigenvalue weighted by atomic mass is 35.5. The standard InChI is InChI=1S/C22H27ClN4O2S.C20H27N5O3S/c23-17-3-1-2-16(14-17)15-4-9-27(10-5-15)22-25-19-8-13-30(28)20(19)21(26-22)24-18-6-11-29-12-7-18;1-13-12-28-19(21-13)14-2-7-25(8-3-14)20-23-16-6-11-29(26)17(16)18(24-20)22-15-4-9-27-10-5-15/h1-3,14-15,18H,4-13H2,(H,24,25,26);12,14-15H,2-11H2,1H3,(H,22,23,24). The highest BCUT2D eigenvalue weighted by Gasteiger charge is 2.32. The van der Waals surface area contributed by atoms with Crippen molar-refractivity contribution in [3.05, 3.63) is 64.1 Å². The summed E-state index contributed by atoms with van der Waals surface area (Å²) >= 11 is 6.18. The zero-order chi connectivity index (χ0) is 40.3. The summed E-state index contributed by atoms with van der Waals surface area (Å²) in [5, 5.41) is 7.92. The molecule has 2 unspecified atom stereocenters. The predicted molar refractivity (Wildman–Crippen MR) is 230 cm³/mol. The maximum atomic E-state index is 12.6. The van der Waals surface area contributed by atoms with E-state index in [-0.39, 0.29) is 0 Å². The van der Waals surface area contributed by atoms with Crippen LogP contribution in [0, 0.1) is 6.92 Å². The molecule has 316 valence electrons. The summed E-state index contributed by atoms with van der Waals surface area (Å²) in [4.78, 5) is 30.0. The van der Waals surface area contributed by atoms with Crippen LogP contribution in [-0.2, 0) is 43.9 Å². The summed E-state index contributed by atoms with van der Waals surface area (Å²) in [7, 11) is -2.02. The van der Waals surface area contributed by atoms with Gasteiger partial charge in [0.25, 0.3) is 0 Å². The zero-order valence-corrected chi connectivity index (χ0v) is 36.1. The van der Waals surface area contributed by atoms with Crippen LogP contribution in [0.25, 0.3) is 0 Å². The van der Waals surface area contributed by atoms with E-state index in [1.807, 2.05) is 19.1 Å². The van der Waals surface area contributed by atoms with Crippen LogP contribution in [0.2, 0.25) is 5.02 Å². The van der Waals surface area contributed by atoms with Gasteiger partial charge in [-0.25, -0.2) is 15.0 Å². The van der Waals surface area contributed by atoms with Crippen molar-refractivity contribution in [3.63, 3.8) is 0 Å². The van der Waals surface area contributed by atoms with Gasteiger partial charge in [-0.3, -0.25) is 8.42 Å². The van der Waals surface area contributed by atoms with Crippen molar-refractivity contribution in [1.82, 2.24) is 24.9 Å². The third kappa shape index (κ3) is 9.46. The van der Waals surface area contributed by atoms with E-state index in [4.69, 9.17) is 45.4 Å². The molecule has 59 heavy (non-hydrogen) atoms. The third-order valence-corrected chi connectivity index (χ3v) is 15.5. The molecule has 0 radical (unpaired) electrons. The molecule has 0 spiro atoms. The van der Waals surface area contributed by atoms with Crippen molar-refractivity contribution in [1.29, 1.82) is 0 Å². The summed E-state index contributed by atoms with van der Waals surface area (Å²) in [5.74, 6) is 6.05. The van der Waals surface area contributed by atoms with E-state index in [0.29, 0.717) is 35.4 Å². The number of hydrogen-bond donors (Lipinski definition) is 2. The fraction of sp³-hybridized carbons (Fsp3) is 0.595. The molecule has 0 amide bonds. The predicted octanol–water partition coefficient (Wildman–Crippen LogP) is 6.18. The topological polar surface area (TPSA) is 161 Å². The molecule has 0 bridgehead atoms. The Kier molecular flexibility index (Phi) is 12.8. The molecule has 2 atom stereocenters. The zero-order valence-electron chi connectivity index (χ0n) is 33.7. The van der Waals surface area contributed by atoms with Gasteiger partial charge in [-0.15, -0.1) is 0 Å². The fourth-order valence-corrected chi connectivity index (χ4v) is 11.8. The molecule has 17 heteroatoms. The molecule has 4 aromatic rings. The normalized spacial score (nSPS) is 23.1. The van der Waals surface area contributed by atoms with Crippen LogP contribution in [0.1, 0.15) is 91.7 Å². The van der Waals surface area contributed by atoms with Crippen molar-refractivity contribution in [2.45, 2.75) is 105 Å². The number of aromatic nitrogens is 5. The molecule has 6 aliphatic rings. The number of aryl methyl sites for hydroxylation is 3. The number of halogens is 1. The Morgan fingerprint density at radius 2 is 1.19 bits per heavy atom. The highest BCUT2D eigenvalue weighted by Crippen LogP contribution is 2.36. The molecule has 14 nitrogen and oxygen atoms in total. The average molecular weight is 865 g/mol. The molecule has 6 aliphatic heterocycles. The quantitative estimate of drug-likeness (QED) is 0.207. The van der Waals surface area contributed by atoms with Crippen molar-refractivity contribution in [2.75, 3.05) is 84.5 Å². The van der Waals surface area contributed by atoms with Crippen LogP contribution in [0.3, 0.4) is 0 Å². The third-order valence-electron chi connectivity index (χ3n) is 12.3. The monoisotopic (exact) mass is 863 g/mol. The summed E-state index contributed by atoms with van der Waals surface area (Å²) in [6, 6.07) is 8.84. The second-order valence-electron chi connectivity index (χ2n) is 16.4. The first-order chi connectivity index (χ1) is 28.8. The Hall–Kier alpha value is -3.70. The van der Waals surface area contributed by atoms with E-state index in [2.05, 4.69) is 37.6 Å². The minimum absolute atomic E-state index is 0.312. The summed E-state index contributed by atoms with van der Waals surface area (Å²) < 4.78 is 41.7. The summed E-state index contributed by atoms with van der Waals surface area (Å²) in [6.07, 6.45) is 11.1. The van der Waals surface area contributed by atoms with Gasteiger partial charge in [-0.1, -0.05) is 23.7 Å². The summed E-state index contributed by atoms with van der Waals surface area (Å²) in [5.41, 5.74) is 4.13. The van der Waals surface area contributed by atoms with Gasteiger partial charge in [0, 0.05) is 100.0 Å². The van der Waals surface area contributed by atoms with Gasteiger partial charge in [0.15, 0.2) is 5.89 Å². The first-order valence-corrected chi connectivity index (χ1v) is 24.3. The SMILES string of the molecule is Cc1coc(C2CCN(c3nc4c(c(NC5CCOCC5)n3)S(=O)CC4)CC2)n1.O=S1CCc2nc(N3CCC(c4cccc(Cl)c4)CC3)nc(NC3CCOCC3)c21. The largest absolute Gasteiger partial charge is 0.448 e. The minimum atomic E-state index is -1.01. The number of ether oxygens (including phenoxy) is 2. The van der Waals surface area contributed by atoms with E-state index in [9.17, 15) is 8.42 Å². The molecule has 0 saturated carbocycles. The Morgan fingerprint density at radius 3 is 1.66 bits per heavy atom. The number of nitrogens with zero attached hydrogens (tertiary/aromatic N) is 7. The van der Waals surface area contributed by atoms with Crippen LogP contribution >= 0.6 is 11.6 Å². The van der Waals surface area contributed by atoms with Crippen molar-refractivity contribution < 1.29 is 22.3 Å². The maximum absolute atomic E-state index is 12.6. The van der Waals surface area contributed by atoms with Gasteiger partial charge >= 0.3 is 0 Å². The van der Waals surface area contributed by atoms with E-state index in [1.54, 1.807) is 6.26 Å². The lowest BCUT2D eigenvalue weighted by molar-refractivity contribution is 0.0902. The van der Waals surface area contributed by atoms with Gasteiger partial charge in [0.2, 0.25) is 11.9 Å². The molecule has 2 N–H and O–H groups in total. The lowest BCUT2D eigenvalue weighted by atomic mass is 9.89. The Morgan fingerprint density at radius 1 is 0.678 bits per heavy atom. The lowest BCUT2D eigenvalue weighted by Crippen LogP contribution is -2.35. The molecule has 4 saturated heterocycles. The molecule has 9 heterocycles. The Balaban J connectivity index is 0.000000152. The van der Waals surface area contributed by atoms with E-state index in [0.717, 1.165) is 178 Å². The number of oxazole rings is 1. The smallest absolute Gasteiger partial charge is 0.227 e. The lowest BCUT2D eigenvalue weighted by Gasteiger charge is -2.33. The van der Waals surface area contributed by atoms with E-state index >= 15 is 0 Å². The number of nitrogens with one attached hydrogen (secondary N) is 2. The molecule has 4 fully saturated rings. The van der Waals surface area contributed by atoms with Crippen LogP contribution in [-0.4, -0.2) is 110 Å². The number of fused-ring (bicyclic) bond motifs is 2. The number of anilines is 4. The van der Waals surface area contributed by atoms with Gasteiger partial charge < -0.3 is 34.3 Å². The van der Waals surface area contributed by atoms with Crippen molar-refractivity contribution in [2.24, 2.45) is 0 Å². The maximum Gasteiger partial charge on any atom is 0.227 e. The molecular formula is C42H54ClN9O5S2. The summed E-state index contributed by atoms with van der Waals surface area (Å²) in [6.45, 7) is 8.55. The second-order valence-corrected chi connectivity index (χ2v) is 19.8. The number of piperidine rings is 2. The van der Waals surface area contributed by atoms with Gasteiger partial charge in [0.1, 0.15) is 27.7 Å². The van der Waals surface area contributed by atoms with Crippen molar-refractivity contribution in [3.8, 4) is 0 Å². The molecule has 0 aliphatic carbocycles. The fourth-order valence-electron chi connectivity index (χ4n) is 8.98. The van der Waals surface area contributed by atoms with E-state index in [1.165, 1.54) is 5.56 Å². The number of benzene rings is 1. The van der Waals surface area contributed by atoms with E-state index < -0.39 is 21.6 Å². The van der Waals surface area contributed by atoms with Gasteiger partial charge in [-0.2, -0.15) is 9.97 Å². The molecule has 3 aromatic heterocycles. The minimum Gasteiger partial charge on any atom is -0.448 e. The van der Waals surface area contributed by atoms with Crippen LogP contribution in [0.15, 0.2) is 44.7 Å². The Bertz CT molecular complexity index is 2150. The van der Waals surface area contributed by atoms with Crippen LogP contribution < -0.4 is 20.4 Å². The first kappa shape index (κ1) is 40.7. The van der Waals surface area contributed by atoms with Gasteiger partial charge in [-0.05, 0) is 81.9 Å². The molecular weight excluding hydrogens is 810 g/mol.